The first-order valence-electron chi connectivity index (χ1n) is 9.25. The molecule has 1 spiro atoms. The number of halogens is 1. The van der Waals surface area contributed by atoms with E-state index in [1.165, 1.54) is 0 Å². The van der Waals surface area contributed by atoms with Gasteiger partial charge in [-0.3, -0.25) is 4.79 Å². The second kappa shape index (κ2) is 8.11. The van der Waals surface area contributed by atoms with Crippen LogP contribution in [0.3, 0.4) is 0 Å². The Kier molecular flexibility index (Phi) is 5.98. The number of aryl methyl sites for hydroxylation is 2. The molecule has 2 aliphatic heterocycles. The van der Waals surface area contributed by atoms with Gasteiger partial charge in [-0.25, -0.2) is 4.79 Å². The molecule has 1 saturated heterocycles. The van der Waals surface area contributed by atoms with Gasteiger partial charge >= 0.3 is 6.16 Å². The smallest absolute Gasteiger partial charge is 0.450 e. The maximum atomic E-state index is 13.1. The lowest BCUT2D eigenvalue weighted by Crippen LogP contribution is -2.52. The van der Waals surface area contributed by atoms with E-state index in [0.717, 1.165) is 22.3 Å². The molecule has 1 aromatic rings. The lowest BCUT2D eigenvalue weighted by molar-refractivity contribution is -0.150. The van der Waals surface area contributed by atoms with E-state index in [-0.39, 0.29) is 12.5 Å². The molecule has 0 saturated carbocycles. The first-order chi connectivity index (χ1) is 13.3. The van der Waals surface area contributed by atoms with Crippen molar-refractivity contribution in [2.75, 3.05) is 26.8 Å². The van der Waals surface area contributed by atoms with Crippen LogP contribution >= 0.6 is 11.6 Å². The van der Waals surface area contributed by atoms with E-state index in [0.29, 0.717) is 42.9 Å². The van der Waals surface area contributed by atoms with E-state index >= 15 is 0 Å². The molecule has 2 aliphatic rings. The summed E-state index contributed by atoms with van der Waals surface area (Å²) in [5.74, 6) is -0.135. The highest BCUT2D eigenvalue weighted by molar-refractivity contribution is 6.31. The van der Waals surface area contributed by atoms with Gasteiger partial charge in [0.25, 0.3) is 5.91 Å². The number of rotatable bonds is 5. The Balaban J connectivity index is 2.07. The number of hydrogen-bond acceptors (Lipinski definition) is 5. The van der Waals surface area contributed by atoms with Crippen molar-refractivity contribution in [3.05, 3.63) is 39.4 Å². The number of benzene rings is 1. The number of piperidine rings is 1. The molecule has 0 atom stereocenters. The van der Waals surface area contributed by atoms with Crippen molar-refractivity contribution in [1.82, 2.24) is 10.4 Å². The second-order valence-corrected chi connectivity index (χ2v) is 7.72. The van der Waals surface area contributed by atoms with Gasteiger partial charge in [-0.05, 0) is 61.1 Å². The highest BCUT2D eigenvalue weighted by Gasteiger charge is 2.47. The minimum absolute atomic E-state index is 0.00452. The van der Waals surface area contributed by atoms with Crippen molar-refractivity contribution in [1.29, 1.82) is 0 Å². The molecule has 8 heteroatoms. The summed E-state index contributed by atoms with van der Waals surface area (Å²) in [6, 6.07) is 3.68. The summed E-state index contributed by atoms with van der Waals surface area (Å²) in [6.45, 7) is 5.21. The monoisotopic (exact) mass is 408 g/mol. The van der Waals surface area contributed by atoms with Gasteiger partial charge in [0.05, 0.1) is 19.3 Å². The minimum atomic E-state index is -1.32. The Labute approximate surface area is 169 Å². The van der Waals surface area contributed by atoms with Gasteiger partial charge in [0, 0.05) is 30.1 Å². The normalized spacial score (nSPS) is 19.2. The van der Waals surface area contributed by atoms with Crippen molar-refractivity contribution in [2.45, 2.75) is 38.6 Å². The number of hydroxylamine groups is 2. The summed E-state index contributed by atoms with van der Waals surface area (Å²) in [5.41, 5.74) is 3.70. The highest BCUT2D eigenvalue weighted by Crippen LogP contribution is 2.43. The van der Waals surface area contributed by atoms with Gasteiger partial charge in [0.2, 0.25) is 0 Å². The zero-order chi connectivity index (χ0) is 20.5. The Morgan fingerprint density at radius 3 is 2.43 bits per heavy atom. The van der Waals surface area contributed by atoms with Crippen LogP contribution < -0.4 is 5.32 Å². The molecule has 0 aromatic heterocycles. The first kappa shape index (κ1) is 20.6. The molecule has 7 nitrogen and oxygen atoms in total. The standard InChI is InChI=1S/C20H25ClN2O5/c1-12-10-14(21)11-13(2)16(12)17-15(4-9-28-19(25)26)20(22-18(17)24)5-7-23(27-3)8-6-20/h10-11H,4-9H2,1-3H3,(H,22,24)(H,25,26). The molecule has 0 unspecified atom stereocenters. The third-order valence-electron chi connectivity index (χ3n) is 5.62. The van der Waals surface area contributed by atoms with Crippen LogP contribution in [-0.2, 0) is 14.4 Å². The zero-order valence-electron chi connectivity index (χ0n) is 16.3. The molecule has 2 heterocycles. The number of carboxylic acid groups (broad SMARTS) is 1. The van der Waals surface area contributed by atoms with Crippen LogP contribution in [0.5, 0.6) is 0 Å². The van der Waals surface area contributed by atoms with E-state index < -0.39 is 11.7 Å². The number of carbonyl (C=O) groups is 2. The Morgan fingerprint density at radius 2 is 1.89 bits per heavy atom. The molecule has 28 heavy (non-hydrogen) atoms. The van der Waals surface area contributed by atoms with Crippen LogP contribution in [0.15, 0.2) is 17.7 Å². The topological polar surface area (TPSA) is 88.1 Å². The predicted octanol–water partition coefficient (Wildman–Crippen LogP) is 3.32. The summed E-state index contributed by atoms with van der Waals surface area (Å²) in [7, 11) is 1.63. The number of amides is 1. The fourth-order valence-electron chi connectivity index (χ4n) is 4.38. The van der Waals surface area contributed by atoms with E-state index in [1.54, 1.807) is 7.11 Å². The molecular weight excluding hydrogens is 384 g/mol. The molecule has 1 amide bonds. The lowest BCUT2D eigenvalue weighted by atomic mass is 9.78. The van der Waals surface area contributed by atoms with Crippen molar-refractivity contribution < 1.29 is 24.3 Å². The van der Waals surface area contributed by atoms with Crippen molar-refractivity contribution in [3.8, 4) is 0 Å². The van der Waals surface area contributed by atoms with E-state index in [4.69, 9.17) is 26.3 Å². The summed E-state index contributed by atoms with van der Waals surface area (Å²) in [5, 5.41) is 14.5. The zero-order valence-corrected chi connectivity index (χ0v) is 17.1. The quantitative estimate of drug-likeness (QED) is 0.726. The van der Waals surface area contributed by atoms with Gasteiger partial charge in [-0.2, -0.15) is 5.06 Å². The molecule has 1 fully saturated rings. The van der Waals surface area contributed by atoms with Crippen molar-refractivity contribution in [3.63, 3.8) is 0 Å². The van der Waals surface area contributed by atoms with Crippen LogP contribution in [0.1, 0.15) is 36.0 Å². The Morgan fingerprint density at radius 1 is 1.29 bits per heavy atom. The molecule has 2 N–H and O–H groups in total. The van der Waals surface area contributed by atoms with E-state index in [2.05, 4.69) is 5.32 Å². The lowest BCUT2D eigenvalue weighted by Gasteiger charge is -2.40. The SMILES string of the molecule is CON1CCC2(CC1)NC(=O)C(c1c(C)cc(Cl)cc1C)=C2CCOC(=O)O. The van der Waals surface area contributed by atoms with Gasteiger partial charge in [-0.1, -0.05) is 11.6 Å². The van der Waals surface area contributed by atoms with Crippen LogP contribution in [-0.4, -0.2) is 54.6 Å². The molecular formula is C20H25ClN2O5. The van der Waals surface area contributed by atoms with E-state index in [9.17, 15) is 9.59 Å². The van der Waals surface area contributed by atoms with Gasteiger partial charge in [0.1, 0.15) is 0 Å². The fourth-order valence-corrected chi connectivity index (χ4v) is 4.71. The summed E-state index contributed by atoms with van der Waals surface area (Å²) in [4.78, 5) is 29.2. The Hall–Kier alpha value is -2.09. The number of nitrogens with one attached hydrogen (secondary N) is 1. The molecule has 0 radical (unpaired) electrons. The summed E-state index contributed by atoms with van der Waals surface area (Å²) < 4.78 is 4.77. The number of nitrogens with zero attached hydrogens (tertiary/aromatic N) is 1. The second-order valence-electron chi connectivity index (χ2n) is 7.28. The summed E-state index contributed by atoms with van der Waals surface area (Å²) in [6.07, 6.45) is 0.407. The maximum absolute atomic E-state index is 13.1. The average molecular weight is 409 g/mol. The summed E-state index contributed by atoms with van der Waals surface area (Å²) >= 11 is 6.17. The molecule has 3 rings (SSSR count). The van der Waals surface area contributed by atoms with Crippen LogP contribution in [0.25, 0.3) is 5.57 Å². The largest absolute Gasteiger partial charge is 0.505 e. The maximum Gasteiger partial charge on any atom is 0.505 e. The number of ether oxygens (including phenoxy) is 1. The van der Waals surface area contributed by atoms with Gasteiger partial charge in [0.15, 0.2) is 0 Å². The van der Waals surface area contributed by atoms with Crippen LogP contribution in [0, 0.1) is 13.8 Å². The first-order valence-corrected chi connectivity index (χ1v) is 9.63. The van der Waals surface area contributed by atoms with Crippen LogP contribution in [0.2, 0.25) is 5.02 Å². The minimum Gasteiger partial charge on any atom is -0.450 e. The van der Waals surface area contributed by atoms with Crippen molar-refractivity contribution in [2.24, 2.45) is 0 Å². The fraction of sp³-hybridized carbons (Fsp3) is 0.500. The molecule has 0 bridgehead atoms. The molecule has 152 valence electrons. The van der Waals surface area contributed by atoms with Gasteiger partial charge in [-0.15, -0.1) is 0 Å². The average Bonchev–Trinajstić information content (AvgIpc) is 2.87. The Bertz CT molecular complexity index is 805. The van der Waals surface area contributed by atoms with E-state index in [1.807, 2.05) is 31.0 Å². The van der Waals surface area contributed by atoms with Crippen LogP contribution in [0.4, 0.5) is 4.79 Å². The van der Waals surface area contributed by atoms with Crippen molar-refractivity contribution >= 4 is 29.2 Å². The number of carbonyl (C=O) groups excluding carboxylic acids is 1. The third kappa shape index (κ3) is 3.87. The highest BCUT2D eigenvalue weighted by atomic mass is 35.5. The molecule has 0 aliphatic carbocycles. The molecule has 1 aromatic carbocycles. The van der Waals surface area contributed by atoms with Gasteiger partial charge < -0.3 is 20.0 Å². The predicted molar refractivity (Wildman–Crippen MR) is 105 cm³/mol. The number of hydrogen-bond donors (Lipinski definition) is 2. The third-order valence-corrected chi connectivity index (χ3v) is 5.84.